The molecule has 1 aromatic heterocycles. The van der Waals surface area contributed by atoms with Crippen LogP contribution in [-0.2, 0) is 25.6 Å². The Hall–Kier alpha value is -3.94. The van der Waals surface area contributed by atoms with E-state index in [4.69, 9.17) is 9.47 Å². The van der Waals surface area contributed by atoms with Crippen molar-refractivity contribution in [2.24, 2.45) is 0 Å². The number of thiazole rings is 1. The number of aromatic nitrogens is 1. The molecule has 0 fully saturated rings. The van der Waals surface area contributed by atoms with Crippen molar-refractivity contribution in [3.63, 3.8) is 0 Å². The van der Waals surface area contributed by atoms with Crippen LogP contribution in [0.3, 0.4) is 0 Å². The second-order valence-electron chi connectivity index (χ2n) is 8.50. The van der Waals surface area contributed by atoms with E-state index in [1.807, 2.05) is 0 Å². The van der Waals surface area contributed by atoms with Gasteiger partial charge in [0.05, 0.1) is 25.4 Å². The van der Waals surface area contributed by atoms with E-state index in [2.05, 4.69) is 27.4 Å². The van der Waals surface area contributed by atoms with E-state index in [-0.39, 0.29) is 34.8 Å². The summed E-state index contributed by atoms with van der Waals surface area (Å²) in [7, 11) is 1.55. The average molecular weight is 542 g/mol. The number of aliphatic hydroxyl groups excluding tert-OH is 1. The molecular formula is C26H31N5O6S. The van der Waals surface area contributed by atoms with E-state index in [1.165, 1.54) is 10.8 Å². The predicted octanol–water partition coefficient (Wildman–Crippen LogP) is 0.253. The van der Waals surface area contributed by atoms with Gasteiger partial charge in [0.25, 0.3) is 11.5 Å². The third kappa shape index (κ3) is 9.18. The number of methoxy groups -OCH3 is 1. The van der Waals surface area contributed by atoms with Crippen LogP contribution in [0.15, 0.2) is 40.8 Å². The molecule has 2 aromatic rings. The maximum atomic E-state index is 12.8. The van der Waals surface area contributed by atoms with Gasteiger partial charge in [0.1, 0.15) is 21.9 Å². The molecule has 0 spiro atoms. The van der Waals surface area contributed by atoms with E-state index in [9.17, 15) is 24.8 Å². The molecule has 0 saturated heterocycles. The molecule has 0 aliphatic carbocycles. The van der Waals surface area contributed by atoms with Gasteiger partial charge < -0.3 is 30.5 Å². The van der Waals surface area contributed by atoms with E-state index in [0.29, 0.717) is 35.8 Å². The summed E-state index contributed by atoms with van der Waals surface area (Å²) >= 11 is 1.03. The van der Waals surface area contributed by atoms with E-state index in [1.54, 1.807) is 58.2 Å². The highest BCUT2D eigenvalue weighted by molar-refractivity contribution is 7.07. The van der Waals surface area contributed by atoms with Crippen LogP contribution in [0.2, 0.25) is 0 Å². The molecule has 38 heavy (non-hydrogen) atoms. The topological polar surface area (TPSA) is 155 Å². The average Bonchev–Trinajstić information content (AvgIpc) is 3.18. The number of rotatable bonds is 12. The Morgan fingerprint density at radius 1 is 1.26 bits per heavy atom. The molecular weight excluding hydrogens is 510 g/mol. The van der Waals surface area contributed by atoms with E-state index >= 15 is 0 Å². The zero-order valence-corrected chi connectivity index (χ0v) is 22.5. The molecule has 0 aliphatic heterocycles. The first-order valence-electron chi connectivity index (χ1n) is 11.7. The molecule has 4 N–H and O–H groups in total. The highest BCUT2D eigenvalue weighted by atomic mass is 32.1. The fourth-order valence-corrected chi connectivity index (χ4v) is 3.89. The Labute approximate surface area is 224 Å². The van der Waals surface area contributed by atoms with Crippen LogP contribution in [0, 0.1) is 11.3 Å². The van der Waals surface area contributed by atoms with Gasteiger partial charge in [-0.05, 0) is 39.0 Å². The number of ether oxygens (including phenoxy) is 2. The van der Waals surface area contributed by atoms with Gasteiger partial charge in [0.2, 0.25) is 5.91 Å². The Kier molecular flexibility index (Phi) is 11.7. The molecule has 0 atom stereocenters. The van der Waals surface area contributed by atoms with Gasteiger partial charge in [0.15, 0.2) is 5.57 Å². The molecule has 2 amide bonds. The molecule has 2 rings (SSSR count). The number of hydrogen-bond acceptors (Lipinski definition) is 9. The first-order chi connectivity index (χ1) is 18.1. The molecule has 0 unspecified atom stereocenters. The van der Waals surface area contributed by atoms with Crippen molar-refractivity contribution in [2.45, 2.75) is 32.9 Å². The lowest BCUT2D eigenvalue weighted by molar-refractivity contribution is -0.121. The lowest BCUT2D eigenvalue weighted by Crippen LogP contribution is -2.46. The zero-order chi connectivity index (χ0) is 28.1. The maximum Gasteiger partial charge on any atom is 0.277 e. The van der Waals surface area contributed by atoms with Crippen LogP contribution in [0.4, 0.5) is 11.4 Å². The van der Waals surface area contributed by atoms with Crippen LogP contribution in [0.25, 0.3) is 11.5 Å². The number of carbonyl (C=O) groups excluding carboxylic acids is 2. The Morgan fingerprint density at radius 3 is 2.66 bits per heavy atom. The molecule has 11 nitrogen and oxygen atoms in total. The molecule has 0 aliphatic rings. The lowest BCUT2D eigenvalue weighted by Gasteiger charge is -2.22. The minimum atomic E-state index is -0.925. The second-order valence-corrected chi connectivity index (χ2v) is 9.50. The smallest absolute Gasteiger partial charge is 0.277 e. The molecule has 0 saturated carbocycles. The van der Waals surface area contributed by atoms with Crippen molar-refractivity contribution in [2.75, 3.05) is 44.2 Å². The summed E-state index contributed by atoms with van der Waals surface area (Å²) in [5, 5.41) is 27.1. The highest BCUT2D eigenvalue weighted by Gasteiger charge is 2.21. The van der Waals surface area contributed by atoms with Crippen molar-refractivity contribution < 1.29 is 24.2 Å². The Bertz CT molecular complexity index is 1440. The third-order valence-corrected chi connectivity index (χ3v) is 5.88. The first-order valence-corrected chi connectivity index (χ1v) is 12.5. The Morgan fingerprint density at radius 2 is 2.00 bits per heavy atom. The summed E-state index contributed by atoms with van der Waals surface area (Å²) in [4.78, 5) is 37.3. The normalized spacial score (nSPS) is 10.5. The van der Waals surface area contributed by atoms with Crippen LogP contribution >= 0.6 is 11.3 Å². The summed E-state index contributed by atoms with van der Waals surface area (Å²) in [6.07, 6.45) is 1.46. The molecule has 1 aromatic carbocycles. The largest absolute Gasteiger partial charge is 0.394 e. The van der Waals surface area contributed by atoms with Gasteiger partial charge in [-0.2, -0.15) is 5.26 Å². The fourth-order valence-electron chi connectivity index (χ4n) is 2.91. The van der Waals surface area contributed by atoms with Crippen LogP contribution < -0.4 is 30.7 Å². The third-order valence-electron chi connectivity index (χ3n) is 4.87. The second kappa shape index (κ2) is 14.7. The predicted molar refractivity (Wildman–Crippen MR) is 145 cm³/mol. The van der Waals surface area contributed by atoms with E-state index < -0.39 is 11.4 Å². The summed E-state index contributed by atoms with van der Waals surface area (Å²) in [5.74, 6) is -1.01. The number of hydrogen-bond donors (Lipinski definition) is 4. The molecule has 0 bridgehead atoms. The number of aliphatic hydroxyl groups is 1. The number of carbonyl (C=O) groups is 2. The van der Waals surface area contributed by atoms with Gasteiger partial charge in [-0.15, -0.1) is 0 Å². The summed E-state index contributed by atoms with van der Waals surface area (Å²) in [6, 6.07) is 8.75. The number of nitrogens with zero attached hydrogens (tertiary/aromatic N) is 2. The molecule has 0 radical (unpaired) electrons. The van der Waals surface area contributed by atoms with Crippen LogP contribution in [0.1, 0.15) is 20.8 Å². The lowest BCUT2D eigenvalue weighted by atomic mass is 10.1. The van der Waals surface area contributed by atoms with Gasteiger partial charge in [0, 0.05) is 31.2 Å². The minimum absolute atomic E-state index is 0.0983. The molecule has 1 heterocycles. The molecule has 202 valence electrons. The summed E-state index contributed by atoms with van der Waals surface area (Å²) in [6.45, 7) is 5.58. The molecule has 12 heteroatoms. The number of benzene rings is 1. The van der Waals surface area contributed by atoms with Gasteiger partial charge in [-0.25, -0.2) is 0 Å². The van der Waals surface area contributed by atoms with E-state index in [0.717, 1.165) is 11.3 Å². The first kappa shape index (κ1) is 30.3. The summed E-state index contributed by atoms with van der Waals surface area (Å²) < 4.78 is 12.0. The Balaban J connectivity index is 2.30. The van der Waals surface area contributed by atoms with Crippen molar-refractivity contribution in [3.8, 4) is 6.07 Å². The van der Waals surface area contributed by atoms with Gasteiger partial charge in [-0.1, -0.05) is 28.9 Å². The standard InChI is InChI=1S/C26H31N5O6S/c1-5-31-23(13-18(15-27)24(34)30-26(2,3)17-32)38-21(25(31)35)9-10-28-19-7-6-8-20(14-19)29-22(33)16-37-12-11-36-4/h6-8,10,14,28,32H,5,11-12,16-17H2,1-4H3,(H,29,33)(H,30,34). The minimum Gasteiger partial charge on any atom is -0.394 e. The highest BCUT2D eigenvalue weighted by Crippen LogP contribution is 2.14. The van der Waals surface area contributed by atoms with Crippen LogP contribution in [-0.4, -0.2) is 60.6 Å². The SMILES string of the molecule is CCn1c(=C=C(C#N)C(=O)NC(C)(C)CO)sc(=C=CNc2cccc(NC(=O)COCCOC)c2)c1=O. The number of anilines is 2. The number of nitrogens with one attached hydrogen (secondary N) is 3. The summed E-state index contributed by atoms with van der Waals surface area (Å²) in [5.41, 5.74) is 5.23. The number of nitriles is 1. The maximum absolute atomic E-state index is 12.8. The van der Waals surface area contributed by atoms with Crippen molar-refractivity contribution >= 4 is 46.0 Å². The van der Waals surface area contributed by atoms with Gasteiger partial charge in [-0.3, -0.25) is 19.0 Å². The number of amides is 2. The monoisotopic (exact) mass is 541 g/mol. The zero-order valence-electron chi connectivity index (χ0n) is 21.7. The fraction of sp³-hybridized carbons (Fsp3) is 0.385. The van der Waals surface area contributed by atoms with Crippen LogP contribution in [0.5, 0.6) is 0 Å². The van der Waals surface area contributed by atoms with Crippen molar-refractivity contribution in [3.05, 3.63) is 55.6 Å². The van der Waals surface area contributed by atoms with Crippen molar-refractivity contribution in [1.82, 2.24) is 9.88 Å². The quantitative estimate of drug-likeness (QED) is 0.169. The van der Waals surface area contributed by atoms with Gasteiger partial charge >= 0.3 is 0 Å². The van der Waals surface area contributed by atoms with Crippen molar-refractivity contribution in [1.29, 1.82) is 5.26 Å².